The largest absolute Gasteiger partial charge is 0.497 e. The number of phosphoric acid groups is 2. The van der Waals surface area contributed by atoms with Crippen molar-refractivity contribution in [2.24, 2.45) is 23.7 Å². The van der Waals surface area contributed by atoms with Crippen molar-refractivity contribution in [3.05, 3.63) is 179 Å². The quantitative estimate of drug-likeness (QED) is 0.0367. The molecule has 1 heterocycles. The van der Waals surface area contributed by atoms with Crippen LogP contribution in [0.1, 0.15) is 94.6 Å². The number of benzene rings is 5. The number of methoxy groups -OCH3 is 1. The Labute approximate surface area is 473 Å². The maximum absolute atomic E-state index is 14.6. The van der Waals surface area contributed by atoms with Gasteiger partial charge in [-0.2, -0.15) is 0 Å². The number of esters is 2. The molecule has 0 bridgehead atoms. The van der Waals surface area contributed by atoms with Crippen molar-refractivity contribution in [2.45, 2.75) is 77.8 Å². The average Bonchev–Trinajstić information content (AvgIpc) is 4.08. The van der Waals surface area contributed by atoms with E-state index in [2.05, 4.69) is 0 Å². The third-order valence-electron chi connectivity index (χ3n) is 14.3. The van der Waals surface area contributed by atoms with Gasteiger partial charge in [0.05, 0.1) is 58.6 Å². The summed E-state index contributed by atoms with van der Waals surface area (Å²) in [6.45, 7) is 0.0832. The number of aromatic nitrogens is 1. The van der Waals surface area contributed by atoms with Gasteiger partial charge in [-0.1, -0.05) is 121 Å². The van der Waals surface area contributed by atoms with Gasteiger partial charge >= 0.3 is 27.6 Å². The van der Waals surface area contributed by atoms with Crippen LogP contribution >= 0.6 is 15.6 Å². The fourth-order valence-corrected chi connectivity index (χ4v) is 12.0. The van der Waals surface area contributed by atoms with E-state index >= 15 is 0 Å². The topological polar surface area (TPSA) is 197 Å². The standard InChI is InChI=1S/C61H71N3O15P2/c1-62(2)58(65)54-56(78-60(67)50-30-26-48(27-31-50)42-76-80(69,72-38-44-18-10-6-11-19-44)73-39-45-20-12-7-13-21-45)57(55(59(66)63(3)4)64(54)52-34-36-53(71-5)37-35-52)79-61(68)51-32-28-49(29-33-51)43-77-81(70,74-40-46-22-14-8-15-23-46)75-41-47-24-16-9-17-25-47/h6-25,34-37,48-51H,26-33,38-43H2,1-5H3/t48-,49-,50-,51-. The van der Waals surface area contributed by atoms with E-state index < -0.39 is 51.2 Å². The average molecular weight is 1150 g/mol. The fourth-order valence-electron chi connectivity index (χ4n) is 9.54. The molecule has 0 spiro atoms. The molecule has 1 aromatic heterocycles. The lowest BCUT2D eigenvalue weighted by molar-refractivity contribution is -0.143. The lowest BCUT2D eigenvalue weighted by Crippen LogP contribution is -2.29. The number of carbonyl (C=O) groups is 4. The Bertz CT molecular complexity index is 2830. The smallest absolute Gasteiger partial charge is 0.475 e. The van der Waals surface area contributed by atoms with Crippen LogP contribution in [-0.4, -0.2) is 86.6 Å². The van der Waals surface area contributed by atoms with Gasteiger partial charge in [0.1, 0.15) is 5.75 Å². The second kappa shape index (κ2) is 28.8. The summed E-state index contributed by atoms with van der Waals surface area (Å²) in [4.78, 5) is 60.8. The van der Waals surface area contributed by atoms with Crippen molar-refractivity contribution >= 4 is 39.4 Å². The van der Waals surface area contributed by atoms with Crippen LogP contribution < -0.4 is 14.2 Å². The van der Waals surface area contributed by atoms with Crippen molar-refractivity contribution < 1.29 is 69.7 Å². The lowest BCUT2D eigenvalue weighted by atomic mass is 9.82. The van der Waals surface area contributed by atoms with E-state index in [-0.39, 0.29) is 74.4 Å². The number of carbonyl (C=O) groups excluding carboxylic acids is 4. The zero-order valence-electron chi connectivity index (χ0n) is 46.4. The van der Waals surface area contributed by atoms with Crippen LogP contribution in [0, 0.1) is 23.7 Å². The molecule has 18 nitrogen and oxygen atoms in total. The molecule has 2 aliphatic rings. The van der Waals surface area contributed by atoms with Crippen molar-refractivity contribution in [3.8, 4) is 22.9 Å². The molecule has 0 aliphatic heterocycles. The highest BCUT2D eigenvalue weighted by Crippen LogP contribution is 2.53. The zero-order chi connectivity index (χ0) is 57.4. The molecule has 0 N–H and O–H groups in total. The van der Waals surface area contributed by atoms with Crippen LogP contribution in [0.5, 0.6) is 17.2 Å². The summed E-state index contributed by atoms with van der Waals surface area (Å²) in [5, 5.41) is 0. The maximum atomic E-state index is 14.6. The first kappa shape index (κ1) is 60.4. The third kappa shape index (κ3) is 16.7. The first-order valence-corrected chi connectivity index (χ1v) is 30.1. The van der Waals surface area contributed by atoms with Gasteiger partial charge in [-0.15, -0.1) is 0 Å². The highest BCUT2D eigenvalue weighted by atomic mass is 31.2. The van der Waals surface area contributed by atoms with E-state index in [4.69, 9.17) is 41.4 Å². The summed E-state index contributed by atoms with van der Waals surface area (Å²) in [6, 6.07) is 43.7. The van der Waals surface area contributed by atoms with Gasteiger partial charge in [0.25, 0.3) is 11.8 Å². The van der Waals surface area contributed by atoms with Crippen molar-refractivity contribution in [2.75, 3.05) is 48.5 Å². The number of hydrogen-bond acceptors (Lipinski definition) is 15. The van der Waals surface area contributed by atoms with Crippen LogP contribution in [0.2, 0.25) is 0 Å². The van der Waals surface area contributed by atoms with E-state index in [1.54, 1.807) is 24.3 Å². The molecule has 2 fully saturated rings. The summed E-state index contributed by atoms with van der Waals surface area (Å²) < 4.78 is 82.9. The van der Waals surface area contributed by atoms with Crippen molar-refractivity contribution in [1.82, 2.24) is 14.4 Å². The Morgan fingerprint density at radius 2 is 0.753 bits per heavy atom. The minimum atomic E-state index is -4.07. The predicted octanol–water partition coefficient (Wildman–Crippen LogP) is 12.4. The molecule has 0 saturated heterocycles. The fraction of sp³-hybridized carbons (Fsp3) is 0.377. The van der Waals surface area contributed by atoms with E-state index in [1.165, 1.54) is 49.7 Å². The molecule has 20 heteroatoms. The van der Waals surface area contributed by atoms with E-state index in [0.29, 0.717) is 62.8 Å². The SMILES string of the molecule is COc1ccc(-n2c(C(=O)N(C)C)c(OC(=O)[C@H]3CC[C@H](COP(=O)(OCc4ccccc4)OCc4ccccc4)CC3)c(OC(=O)[C@H]3CC[C@H](COP(=O)(OCc4ccccc4)OCc4ccccc4)CC3)c2C(=O)N(C)C)cc1. The normalized spacial score (nSPS) is 17.4. The van der Waals surface area contributed by atoms with Gasteiger partial charge < -0.3 is 24.0 Å². The first-order chi connectivity index (χ1) is 39.1. The minimum Gasteiger partial charge on any atom is -0.497 e. The number of hydrogen-bond donors (Lipinski definition) is 0. The van der Waals surface area contributed by atoms with Crippen molar-refractivity contribution in [1.29, 1.82) is 0 Å². The summed E-state index contributed by atoms with van der Waals surface area (Å²) >= 11 is 0. The van der Waals surface area contributed by atoms with Gasteiger partial charge in [0, 0.05) is 33.9 Å². The lowest BCUT2D eigenvalue weighted by Gasteiger charge is -2.28. The molecule has 0 unspecified atom stereocenters. The van der Waals surface area contributed by atoms with Gasteiger partial charge in [-0.05, 0) is 110 Å². The highest BCUT2D eigenvalue weighted by molar-refractivity contribution is 7.48. The third-order valence-corrected chi connectivity index (χ3v) is 17.0. The van der Waals surface area contributed by atoms with Gasteiger partial charge in [-0.25, -0.2) is 9.13 Å². The summed E-state index contributed by atoms with van der Waals surface area (Å²) in [7, 11) is -0.548. The van der Waals surface area contributed by atoms with Crippen LogP contribution in [0.3, 0.4) is 0 Å². The second-order valence-electron chi connectivity index (χ2n) is 20.6. The van der Waals surface area contributed by atoms with Gasteiger partial charge in [0.15, 0.2) is 11.4 Å². The van der Waals surface area contributed by atoms with Crippen LogP contribution in [0.25, 0.3) is 5.69 Å². The molecule has 2 amide bonds. The van der Waals surface area contributed by atoms with Gasteiger partial charge in [-0.3, -0.25) is 50.9 Å². The Morgan fingerprint density at radius 3 is 1.04 bits per heavy atom. The highest BCUT2D eigenvalue weighted by Gasteiger charge is 2.41. The molecule has 0 radical (unpaired) electrons. The molecule has 8 rings (SSSR count). The summed E-state index contributed by atoms with van der Waals surface area (Å²) in [6.07, 6.45) is 3.26. The van der Waals surface area contributed by atoms with E-state index in [1.807, 2.05) is 121 Å². The second-order valence-corrected chi connectivity index (χ2v) is 23.9. The van der Waals surface area contributed by atoms with Crippen LogP contribution in [0.15, 0.2) is 146 Å². The molecule has 81 heavy (non-hydrogen) atoms. The number of phosphoric ester groups is 2. The van der Waals surface area contributed by atoms with Crippen LogP contribution in [-0.2, 0) is 72.3 Å². The van der Waals surface area contributed by atoms with E-state index in [9.17, 15) is 28.3 Å². The molecule has 430 valence electrons. The molecular weight excluding hydrogens is 1080 g/mol. The number of amides is 2. The molecule has 0 atom stereocenters. The number of rotatable bonds is 26. The number of ether oxygens (including phenoxy) is 3. The Balaban J connectivity index is 0.992. The molecular formula is C61H71N3O15P2. The van der Waals surface area contributed by atoms with Crippen LogP contribution in [0.4, 0.5) is 0 Å². The molecule has 2 aliphatic carbocycles. The van der Waals surface area contributed by atoms with E-state index in [0.717, 1.165) is 22.3 Å². The zero-order valence-corrected chi connectivity index (χ0v) is 48.2. The predicted molar refractivity (Wildman–Crippen MR) is 303 cm³/mol. The summed E-state index contributed by atoms with van der Waals surface area (Å²) in [5.74, 6) is -4.56. The maximum Gasteiger partial charge on any atom is 0.475 e. The Hall–Kier alpha value is -6.72. The Morgan fingerprint density at radius 1 is 0.444 bits per heavy atom. The Kier molecular flexibility index (Phi) is 21.5. The van der Waals surface area contributed by atoms with Crippen molar-refractivity contribution in [3.63, 3.8) is 0 Å². The molecule has 6 aromatic rings. The number of nitrogens with zero attached hydrogens (tertiary/aromatic N) is 3. The minimum absolute atomic E-state index is 0.00344. The summed E-state index contributed by atoms with van der Waals surface area (Å²) in [5.41, 5.74) is 3.06. The molecule has 2 saturated carbocycles. The van der Waals surface area contributed by atoms with Gasteiger partial charge in [0.2, 0.25) is 11.5 Å². The molecule has 5 aromatic carbocycles. The monoisotopic (exact) mass is 1150 g/mol. The first-order valence-electron chi connectivity index (χ1n) is 27.1.